The number of piperidine rings is 1. The minimum atomic E-state index is 0.426. The van der Waals surface area contributed by atoms with Gasteiger partial charge in [-0.05, 0) is 60.5 Å². The van der Waals surface area contributed by atoms with Crippen molar-refractivity contribution in [1.82, 2.24) is 10.6 Å². The Balaban J connectivity index is 2.07. The Morgan fingerprint density at radius 3 is 2.81 bits per heavy atom. The summed E-state index contributed by atoms with van der Waals surface area (Å²) in [6.07, 6.45) is 11.2. The maximum Gasteiger partial charge on any atom is 0.101 e. The average molecular weight is 347 g/mol. The van der Waals surface area contributed by atoms with Crippen LogP contribution in [0, 0.1) is 11.3 Å². The van der Waals surface area contributed by atoms with Crippen LogP contribution < -0.4 is 32.1 Å². The number of hydrogen-bond acceptors (Lipinski definition) is 5. The molecule has 5 heteroatoms. The van der Waals surface area contributed by atoms with E-state index in [0.717, 1.165) is 53.2 Å². The number of anilines is 1. The molecule has 1 aromatic carbocycles. The number of nitrogens with zero attached hydrogens (tertiary/aromatic N) is 1. The molecule has 2 aliphatic rings. The molecule has 0 bridgehead atoms. The average Bonchev–Trinajstić information content (AvgIpc) is 2.69. The van der Waals surface area contributed by atoms with Gasteiger partial charge in [-0.25, -0.2) is 0 Å². The van der Waals surface area contributed by atoms with Gasteiger partial charge in [-0.2, -0.15) is 5.26 Å². The highest BCUT2D eigenvalue weighted by atomic mass is 15.0. The number of dihydropyridines is 1. The van der Waals surface area contributed by atoms with E-state index in [1.54, 1.807) is 18.5 Å². The Hall–Kier alpha value is -2.97. The maximum absolute atomic E-state index is 9.19. The zero-order chi connectivity index (χ0) is 18.4. The Morgan fingerprint density at radius 2 is 2.12 bits per heavy atom. The Morgan fingerprint density at radius 1 is 1.31 bits per heavy atom. The molecule has 0 saturated carbocycles. The van der Waals surface area contributed by atoms with Crippen molar-refractivity contribution < 1.29 is 0 Å². The highest BCUT2D eigenvalue weighted by Gasteiger charge is 2.15. The van der Waals surface area contributed by atoms with Crippen LogP contribution in [0.15, 0.2) is 42.6 Å². The largest absolute Gasteiger partial charge is 0.404 e. The number of hydrogen-bond donors (Lipinski definition) is 4. The highest BCUT2D eigenvalue weighted by molar-refractivity contribution is 5.75. The van der Waals surface area contributed by atoms with Crippen molar-refractivity contribution in [3.05, 3.63) is 58.6 Å². The molecule has 1 saturated heterocycles. The van der Waals surface area contributed by atoms with Crippen LogP contribution in [0.1, 0.15) is 18.4 Å². The molecular formula is C21H25N5. The van der Waals surface area contributed by atoms with E-state index in [0.29, 0.717) is 18.2 Å². The zero-order valence-corrected chi connectivity index (χ0v) is 14.9. The molecule has 0 amide bonds. The van der Waals surface area contributed by atoms with Gasteiger partial charge in [0.2, 0.25) is 0 Å². The van der Waals surface area contributed by atoms with Crippen molar-refractivity contribution >= 4 is 23.5 Å². The van der Waals surface area contributed by atoms with Crippen LogP contribution in [0.3, 0.4) is 0 Å². The SMILES string of the molecule is C=C/C=c1/cc(C2=CC(C#N)=CNC2)cc(NC2CCNCC2)/c1=C/N. The number of allylic oxidation sites excluding steroid dienone is 3. The van der Waals surface area contributed by atoms with Gasteiger partial charge in [0.15, 0.2) is 0 Å². The van der Waals surface area contributed by atoms with Crippen LogP contribution in [0.4, 0.5) is 5.69 Å². The maximum atomic E-state index is 9.19. The van der Waals surface area contributed by atoms with Crippen molar-refractivity contribution in [3.63, 3.8) is 0 Å². The molecule has 0 aromatic heterocycles. The molecule has 2 aliphatic heterocycles. The molecular weight excluding hydrogens is 322 g/mol. The monoisotopic (exact) mass is 347 g/mol. The van der Waals surface area contributed by atoms with E-state index in [-0.39, 0.29) is 0 Å². The number of nitriles is 1. The summed E-state index contributed by atoms with van der Waals surface area (Å²) in [5.41, 5.74) is 9.76. The van der Waals surface area contributed by atoms with Crippen molar-refractivity contribution in [2.75, 3.05) is 25.0 Å². The number of rotatable bonds is 4. The van der Waals surface area contributed by atoms with Crippen LogP contribution in [-0.2, 0) is 0 Å². The van der Waals surface area contributed by atoms with Crippen molar-refractivity contribution in [1.29, 1.82) is 5.26 Å². The second-order valence-electron chi connectivity index (χ2n) is 6.53. The summed E-state index contributed by atoms with van der Waals surface area (Å²) in [5.74, 6) is 0. The minimum Gasteiger partial charge on any atom is -0.404 e. The van der Waals surface area contributed by atoms with Crippen LogP contribution in [0.25, 0.3) is 17.8 Å². The summed E-state index contributed by atoms with van der Waals surface area (Å²) in [7, 11) is 0. The predicted molar refractivity (Wildman–Crippen MR) is 108 cm³/mol. The molecule has 0 unspecified atom stereocenters. The first-order chi connectivity index (χ1) is 12.7. The topological polar surface area (TPSA) is 85.9 Å². The van der Waals surface area contributed by atoms with Gasteiger partial charge >= 0.3 is 0 Å². The molecule has 134 valence electrons. The molecule has 2 heterocycles. The van der Waals surface area contributed by atoms with E-state index in [1.807, 2.05) is 12.2 Å². The number of benzene rings is 1. The summed E-state index contributed by atoms with van der Waals surface area (Å²) in [5, 5.41) is 21.4. The summed E-state index contributed by atoms with van der Waals surface area (Å²) >= 11 is 0. The van der Waals surface area contributed by atoms with E-state index in [2.05, 4.69) is 40.7 Å². The smallest absolute Gasteiger partial charge is 0.101 e. The van der Waals surface area contributed by atoms with E-state index in [9.17, 15) is 5.26 Å². The zero-order valence-electron chi connectivity index (χ0n) is 14.9. The van der Waals surface area contributed by atoms with E-state index >= 15 is 0 Å². The molecule has 1 fully saturated rings. The van der Waals surface area contributed by atoms with E-state index in [1.165, 1.54) is 0 Å². The Bertz CT molecular complexity index is 896. The van der Waals surface area contributed by atoms with Crippen molar-refractivity contribution in [3.8, 4) is 6.07 Å². The van der Waals surface area contributed by atoms with Gasteiger partial charge in [-0.3, -0.25) is 0 Å². The van der Waals surface area contributed by atoms with Crippen LogP contribution in [0.2, 0.25) is 0 Å². The molecule has 0 aliphatic carbocycles. The third-order valence-corrected chi connectivity index (χ3v) is 4.75. The third-order valence-electron chi connectivity index (χ3n) is 4.75. The molecule has 5 N–H and O–H groups in total. The molecule has 0 spiro atoms. The normalized spacial score (nSPS) is 19.2. The second-order valence-corrected chi connectivity index (χ2v) is 6.53. The molecule has 5 nitrogen and oxygen atoms in total. The van der Waals surface area contributed by atoms with Gasteiger partial charge in [0.05, 0.1) is 5.57 Å². The standard InChI is InChI=1S/C21H25N5/c1-2-3-16-9-17(18-8-15(11-22)13-25-14-18)10-21(20(16)12-23)26-19-4-6-24-7-5-19/h2-3,8-10,12-13,19,24-26H,1,4-7,14,23H2/b16-3-,20-12+. The van der Waals surface area contributed by atoms with Gasteiger partial charge in [-0.1, -0.05) is 18.7 Å². The van der Waals surface area contributed by atoms with E-state index < -0.39 is 0 Å². The summed E-state index contributed by atoms with van der Waals surface area (Å²) in [4.78, 5) is 0. The van der Waals surface area contributed by atoms with Gasteiger partial charge in [0, 0.05) is 35.9 Å². The molecule has 1 aromatic rings. The van der Waals surface area contributed by atoms with Gasteiger partial charge in [0.1, 0.15) is 6.07 Å². The highest BCUT2D eigenvalue weighted by Crippen LogP contribution is 2.20. The Labute approximate surface area is 154 Å². The lowest BCUT2D eigenvalue weighted by Gasteiger charge is -2.25. The molecule has 0 radical (unpaired) electrons. The van der Waals surface area contributed by atoms with Crippen LogP contribution >= 0.6 is 0 Å². The summed E-state index contributed by atoms with van der Waals surface area (Å²) in [6, 6.07) is 6.85. The Kier molecular flexibility index (Phi) is 5.77. The first kappa shape index (κ1) is 17.8. The number of nitrogens with one attached hydrogen (secondary N) is 3. The minimum absolute atomic E-state index is 0.426. The summed E-state index contributed by atoms with van der Waals surface area (Å²) < 4.78 is 0. The fraction of sp³-hybridized carbons (Fsp3) is 0.286. The molecule has 3 rings (SSSR count). The van der Waals surface area contributed by atoms with Crippen LogP contribution in [0.5, 0.6) is 0 Å². The predicted octanol–water partition coefficient (Wildman–Crippen LogP) is 0.908. The fourth-order valence-electron chi connectivity index (χ4n) is 3.42. The van der Waals surface area contributed by atoms with Crippen LogP contribution in [-0.4, -0.2) is 25.7 Å². The lowest BCUT2D eigenvalue weighted by atomic mass is 9.98. The number of nitrogens with two attached hydrogens (primary N) is 1. The van der Waals surface area contributed by atoms with Gasteiger partial charge in [-0.15, -0.1) is 0 Å². The molecule has 0 atom stereocenters. The lowest BCUT2D eigenvalue weighted by Crippen LogP contribution is -2.38. The van der Waals surface area contributed by atoms with Gasteiger partial charge in [0.25, 0.3) is 0 Å². The third kappa shape index (κ3) is 3.98. The lowest BCUT2D eigenvalue weighted by molar-refractivity contribution is 0.479. The quantitative estimate of drug-likeness (QED) is 0.650. The fourth-order valence-corrected chi connectivity index (χ4v) is 3.42. The summed E-state index contributed by atoms with van der Waals surface area (Å²) in [6.45, 7) is 6.57. The van der Waals surface area contributed by atoms with Crippen molar-refractivity contribution in [2.24, 2.45) is 5.73 Å². The second kappa shape index (κ2) is 8.41. The van der Waals surface area contributed by atoms with E-state index in [4.69, 9.17) is 5.73 Å². The first-order valence-corrected chi connectivity index (χ1v) is 8.95. The van der Waals surface area contributed by atoms with Gasteiger partial charge < -0.3 is 21.7 Å². The van der Waals surface area contributed by atoms with Crippen molar-refractivity contribution in [2.45, 2.75) is 18.9 Å². The first-order valence-electron chi connectivity index (χ1n) is 8.95. The molecule has 26 heavy (non-hydrogen) atoms.